The first kappa shape index (κ1) is 11.7. The van der Waals surface area contributed by atoms with Crippen molar-refractivity contribution in [1.29, 1.82) is 0 Å². The third-order valence-electron chi connectivity index (χ3n) is 3.89. The predicted molar refractivity (Wildman–Crippen MR) is 71.7 cm³/mol. The van der Waals surface area contributed by atoms with E-state index >= 15 is 0 Å². The molecule has 2 saturated heterocycles. The average Bonchev–Trinajstić information content (AvgIpc) is 2.96. The molecule has 0 aromatic carbocycles. The number of nitrogens with two attached hydrogens (primary N) is 2. The van der Waals surface area contributed by atoms with Crippen molar-refractivity contribution in [1.82, 2.24) is 9.27 Å². The van der Waals surface area contributed by atoms with Crippen molar-refractivity contribution in [2.45, 2.75) is 31.3 Å². The summed E-state index contributed by atoms with van der Waals surface area (Å²) in [4.78, 5) is 13.9. The second-order valence-electron chi connectivity index (χ2n) is 4.92. The molecular weight excluding hydrogens is 250 g/mol. The van der Waals surface area contributed by atoms with Gasteiger partial charge in [-0.3, -0.25) is 9.69 Å². The number of anilines is 2. The fourth-order valence-corrected chi connectivity index (χ4v) is 3.84. The lowest BCUT2D eigenvalue weighted by Crippen LogP contribution is -2.34. The SMILES string of the molecule is NC(=O)c1c(N)nsc1NC1CCN2CCCC12. The van der Waals surface area contributed by atoms with Crippen molar-refractivity contribution in [3.63, 3.8) is 0 Å². The zero-order valence-electron chi connectivity index (χ0n) is 10.1. The quantitative estimate of drug-likeness (QED) is 0.739. The number of nitrogens with one attached hydrogen (secondary N) is 1. The molecule has 1 aromatic heterocycles. The van der Waals surface area contributed by atoms with Crippen molar-refractivity contribution >= 4 is 28.3 Å². The number of amides is 1. The summed E-state index contributed by atoms with van der Waals surface area (Å²) >= 11 is 1.22. The summed E-state index contributed by atoms with van der Waals surface area (Å²) in [6, 6.07) is 0.958. The molecule has 0 saturated carbocycles. The number of aromatic nitrogens is 1. The summed E-state index contributed by atoms with van der Waals surface area (Å²) in [5, 5.41) is 4.14. The molecule has 2 aliphatic heterocycles. The zero-order chi connectivity index (χ0) is 12.7. The molecule has 2 unspecified atom stereocenters. The Labute approximate surface area is 109 Å². The van der Waals surface area contributed by atoms with E-state index in [2.05, 4.69) is 14.6 Å². The Morgan fingerprint density at radius 1 is 1.44 bits per heavy atom. The van der Waals surface area contributed by atoms with E-state index in [0.717, 1.165) is 18.0 Å². The number of hydrogen-bond donors (Lipinski definition) is 3. The Hall–Kier alpha value is -1.34. The Balaban J connectivity index is 1.79. The van der Waals surface area contributed by atoms with Crippen LogP contribution in [0.3, 0.4) is 0 Å². The van der Waals surface area contributed by atoms with Crippen LogP contribution in [-0.2, 0) is 0 Å². The Bertz CT molecular complexity index is 474. The van der Waals surface area contributed by atoms with Gasteiger partial charge in [0.2, 0.25) is 0 Å². The first-order chi connectivity index (χ1) is 8.66. The normalized spacial score (nSPS) is 27.3. The molecule has 98 valence electrons. The van der Waals surface area contributed by atoms with Crippen LogP contribution in [-0.4, -0.2) is 40.4 Å². The average molecular weight is 267 g/mol. The van der Waals surface area contributed by atoms with E-state index in [4.69, 9.17) is 11.5 Å². The van der Waals surface area contributed by atoms with Gasteiger partial charge in [-0.05, 0) is 37.3 Å². The lowest BCUT2D eigenvalue weighted by atomic mass is 10.1. The van der Waals surface area contributed by atoms with Crippen LogP contribution in [0.2, 0.25) is 0 Å². The number of nitrogens with zero attached hydrogens (tertiary/aromatic N) is 2. The smallest absolute Gasteiger partial charge is 0.255 e. The molecule has 18 heavy (non-hydrogen) atoms. The van der Waals surface area contributed by atoms with E-state index in [1.54, 1.807) is 0 Å². The lowest BCUT2D eigenvalue weighted by molar-refractivity contribution is 0.100. The molecule has 2 fully saturated rings. The predicted octanol–water partition coefficient (Wildman–Crippen LogP) is 0.473. The van der Waals surface area contributed by atoms with Crippen molar-refractivity contribution in [3.05, 3.63) is 5.56 Å². The van der Waals surface area contributed by atoms with Crippen LogP contribution in [0, 0.1) is 0 Å². The topological polar surface area (TPSA) is 97.3 Å². The number of primary amides is 1. The van der Waals surface area contributed by atoms with Crippen molar-refractivity contribution in [2.75, 3.05) is 24.1 Å². The van der Waals surface area contributed by atoms with Gasteiger partial charge in [0.25, 0.3) is 5.91 Å². The molecule has 0 aliphatic carbocycles. The summed E-state index contributed by atoms with van der Waals surface area (Å²) in [7, 11) is 0. The van der Waals surface area contributed by atoms with Gasteiger partial charge in [0, 0.05) is 18.6 Å². The van der Waals surface area contributed by atoms with Gasteiger partial charge >= 0.3 is 0 Å². The Morgan fingerprint density at radius 3 is 3.06 bits per heavy atom. The highest BCUT2D eigenvalue weighted by atomic mass is 32.1. The largest absolute Gasteiger partial charge is 0.382 e. The second-order valence-corrected chi connectivity index (χ2v) is 5.69. The fraction of sp³-hybridized carbons (Fsp3) is 0.636. The molecule has 3 heterocycles. The minimum absolute atomic E-state index is 0.233. The highest BCUT2D eigenvalue weighted by Gasteiger charge is 2.37. The number of carbonyl (C=O) groups is 1. The number of carbonyl (C=O) groups excluding carboxylic acids is 1. The Kier molecular flexibility index (Phi) is 2.87. The third-order valence-corrected chi connectivity index (χ3v) is 4.68. The van der Waals surface area contributed by atoms with Gasteiger partial charge in [0.1, 0.15) is 10.6 Å². The van der Waals surface area contributed by atoms with Gasteiger partial charge in [-0.15, -0.1) is 0 Å². The van der Waals surface area contributed by atoms with E-state index in [1.807, 2.05) is 0 Å². The van der Waals surface area contributed by atoms with Gasteiger partial charge in [0.15, 0.2) is 5.82 Å². The van der Waals surface area contributed by atoms with Crippen molar-refractivity contribution < 1.29 is 4.79 Å². The van der Waals surface area contributed by atoms with E-state index in [9.17, 15) is 4.79 Å². The summed E-state index contributed by atoms with van der Waals surface area (Å²) < 4.78 is 4.01. The molecule has 2 aliphatic rings. The Morgan fingerprint density at radius 2 is 2.28 bits per heavy atom. The van der Waals surface area contributed by atoms with Crippen LogP contribution < -0.4 is 16.8 Å². The van der Waals surface area contributed by atoms with E-state index in [-0.39, 0.29) is 5.82 Å². The number of fused-ring (bicyclic) bond motifs is 1. The maximum absolute atomic E-state index is 11.4. The van der Waals surface area contributed by atoms with Crippen LogP contribution in [0.4, 0.5) is 10.8 Å². The van der Waals surface area contributed by atoms with Gasteiger partial charge in [-0.25, -0.2) is 0 Å². The van der Waals surface area contributed by atoms with Gasteiger partial charge in [-0.2, -0.15) is 4.37 Å². The van der Waals surface area contributed by atoms with E-state index < -0.39 is 5.91 Å². The molecule has 0 bridgehead atoms. The molecule has 0 radical (unpaired) electrons. The van der Waals surface area contributed by atoms with Crippen LogP contribution in [0.25, 0.3) is 0 Å². The molecule has 2 atom stereocenters. The minimum atomic E-state index is -0.509. The summed E-state index contributed by atoms with van der Waals surface area (Å²) in [5.74, 6) is -0.277. The molecule has 0 spiro atoms. The first-order valence-corrected chi connectivity index (χ1v) is 6.99. The monoisotopic (exact) mass is 267 g/mol. The molecule has 5 N–H and O–H groups in total. The molecule has 7 heteroatoms. The number of hydrogen-bond acceptors (Lipinski definition) is 6. The van der Waals surface area contributed by atoms with E-state index in [1.165, 1.54) is 30.9 Å². The lowest BCUT2D eigenvalue weighted by Gasteiger charge is -2.21. The van der Waals surface area contributed by atoms with Crippen LogP contribution >= 0.6 is 11.5 Å². The van der Waals surface area contributed by atoms with Gasteiger partial charge in [0.05, 0.1) is 0 Å². The van der Waals surface area contributed by atoms with Crippen molar-refractivity contribution in [2.24, 2.45) is 5.73 Å². The summed E-state index contributed by atoms with van der Waals surface area (Å²) in [5.41, 5.74) is 11.4. The van der Waals surface area contributed by atoms with Crippen molar-refractivity contribution in [3.8, 4) is 0 Å². The maximum atomic E-state index is 11.4. The van der Waals surface area contributed by atoms with Crippen LogP contribution in [0.5, 0.6) is 0 Å². The molecular formula is C11H17N5OS. The number of nitrogen functional groups attached to an aromatic ring is 1. The maximum Gasteiger partial charge on any atom is 0.255 e. The van der Waals surface area contributed by atoms with Crippen LogP contribution in [0.15, 0.2) is 0 Å². The van der Waals surface area contributed by atoms with Gasteiger partial charge in [-0.1, -0.05) is 0 Å². The zero-order valence-corrected chi connectivity index (χ0v) is 10.9. The second kappa shape index (κ2) is 4.40. The van der Waals surface area contributed by atoms with Crippen LogP contribution in [0.1, 0.15) is 29.6 Å². The molecule has 3 rings (SSSR count). The van der Waals surface area contributed by atoms with Gasteiger partial charge < -0.3 is 16.8 Å². The minimum Gasteiger partial charge on any atom is -0.382 e. The van der Waals surface area contributed by atoms with E-state index in [0.29, 0.717) is 17.6 Å². The number of rotatable bonds is 3. The third kappa shape index (κ3) is 1.83. The summed E-state index contributed by atoms with van der Waals surface area (Å²) in [6.45, 7) is 2.32. The fourth-order valence-electron chi connectivity index (χ4n) is 3.06. The highest BCUT2D eigenvalue weighted by Crippen LogP contribution is 2.33. The highest BCUT2D eigenvalue weighted by molar-refractivity contribution is 7.11. The standard InChI is InChI=1S/C11H17N5OS/c12-9-8(10(13)17)11(18-15-9)14-6-3-5-16-4-1-2-7(6)16/h6-7,14H,1-5H2,(H2,12,15)(H2,13,17). The summed E-state index contributed by atoms with van der Waals surface area (Å²) in [6.07, 6.45) is 3.58. The molecule has 1 amide bonds. The first-order valence-electron chi connectivity index (χ1n) is 6.22. The molecule has 6 nitrogen and oxygen atoms in total. The molecule has 1 aromatic rings.